The Morgan fingerprint density at radius 1 is 0.633 bits per heavy atom. The van der Waals surface area contributed by atoms with Gasteiger partial charge in [0.05, 0.1) is 0 Å². The summed E-state index contributed by atoms with van der Waals surface area (Å²) in [6, 6.07) is 5.72. The van der Waals surface area contributed by atoms with Gasteiger partial charge in [-0.3, -0.25) is 4.98 Å². The molecule has 0 atom stereocenters. The monoisotopic (exact) mass is 407 g/mol. The molecule has 0 unspecified atom stereocenters. The van der Waals surface area contributed by atoms with E-state index < -0.39 is 11.9 Å². The van der Waals surface area contributed by atoms with Crippen LogP contribution in [-0.4, -0.2) is 27.1 Å². The van der Waals surface area contributed by atoms with Crippen LogP contribution in [0.25, 0.3) is 0 Å². The highest BCUT2D eigenvalue weighted by atomic mass is 16.4. The summed E-state index contributed by atoms with van der Waals surface area (Å²) < 4.78 is 0. The van der Waals surface area contributed by atoms with E-state index >= 15 is 0 Å². The maximum absolute atomic E-state index is 10.6. The molecule has 0 fully saturated rings. The molecule has 0 spiro atoms. The fraction of sp³-hybridized carbons (Fsp3) is 0.160. The average molecular weight is 408 g/mol. The SMILES string of the molecule is CC(/C=C/C=C(\C)C(=O)O)=C\C=C\C=C(C)\C=C\C=C(/C)C(=O)O.c1ccncc1. The van der Waals surface area contributed by atoms with Crippen molar-refractivity contribution in [1.82, 2.24) is 4.98 Å². The third-order valence-corrected chi connectivity index (χ3v) is 3.48. The summed E-state index contributed by atoms with van der Waals surface area (Å²) in [7, 11) is 0. The minimum atomic E-state index is -0.928. The molecule has 0 saturated heterocycles. The summed E-state index contributed by atoms with van der Waals surface area (Å²) >= 11 is 0. The number of aliphatic carboxylic acids is 2. The number of hydrogen-bond donors (Lipinski definition) is 2. The van der Waals surface area contributed by atoms with Gasteiger partial charge in [-0.2, -0.15) is 0 Å². The molecule has 0 aliphatic heterocycles. The van der Waals surface area contributed by atoms with Gasteiger partial charge in [0.15, 0.2) is 0 Å². The second-order valence-corrected chi connectivity index (χ2v) is 6.26. The maximum Gasteiger partial charge on any atom is 0.331 e. The second kappa shape index (κ2) is 16.2. The highest BCUT2D eigenvalue weighted by Gasteiger charge is 1.96. The Labute approximate surface area is 178 Å². The van der Waals surface area contributed by atoms with E-state index in [-0.39, 0.29) is 11.1 Å². The molecule has 0 bridgehead atoms. The lowest BCUT2D eigenvalue weighted by molar-refractivity contribution is -0.133. The van der Waals surface area contributed by atoms with Gasteiger partial charge in [-0.05, 0) is 39.8 Å². The summed E-state index contributed by atoms with van der Waals surface area (Å²) in [4.78, 5) is 25.0. The largest absolute Gasteiger partial charge is 0.478 e. The molecular formula is C25H29NO4. The lowest BCUT2D eigenvalue weighted by Gasteiger charge is -1.90. The molecule has 30 heavy (non-hydrogen) atoms. The van der Waals surface area contributed by atoms with Crippen LogP contribution < -0.4 is 0 Å². The third kappa shape index (κ3) is 15.3. The molecule has 2 N–H and O–H groups in total. The predicted octanol–water partition coefficient (Wildman–Crippen LogP) is 5.69. The Kier molecular flexibility index (Phi) is 14.2. The van der Waals surface area contributed by atoms with Crippen LogP contribution in [0.1, 0.15) is 27.7 Å². The van der Waals surface area contributed by atoms with Crippen molar-refractivity contribution in [2.45, 2.75) is 27.7 Å². The van der Waals surface area contributed by atoms with Crippen LogP contribution in [0.3, 0.4) is 0 Å². The van der Waals surface area contributed by atoms with Crippen LogP contribution in [-0.2, 0) is 9.59 Å². The summed E-state index contributed by atoms with van der Waals surface area (Å²) in [5.41, 5.74) is 2.55. The molecular weight excluding hydrogens is 378 g/mol. The molecule has 0 amide bonds. The molecule has 1 aromatic rings. The van der Waals surface area contributed by atoms with E-state index in [1.165, 1.54) is 0 Å². The number of carboxylic acid groups (broad SMARTS) is 2. The summed E-state index contributed by atoms with van der Waals surface area (Å²) in [6.07, 6.45) is 21.2. The van der Waals surface area contributed by atoms with E-state index in [9.17, 15) is 9.59 Å². The predicted molar refractivity (Wildman–Crippen MR) is 122 cm³/mol. The van der Waals surface area contributed by atoms with E-state index in [0.717, 1.165) is 11.1 Å². The third-order valence-electron chi connectivity index (χ3n) is 3.48. The molecule has 0 radical (unpaired) electrons. The zero-order chi connectivity index (χ0) is 22.8. The normalized spacial score (nSPS) is 13.6. The summed E-state index contributed by atoms with van der Waals surface area (Å²) in [5, 5.41) is 17.4. The average Bonchev–Trinajstić information content (AvgIpc) is 2.72. The van der Waals surface area contributed by atoms with Crippen molar-refractivity contribution in [2.24, 2.45) is 0 Å². The van der Waals surface area contributed by atoms with Gasteiger partial charge in [0, 0.05) is 23.5 Å². The van der Waals surface area contributed by atoms with Crippen molar-refractivity contribution in [1.29, 1.82) is 0 Å². The molecule has 1 heterocycles. The topological polar surface area (TPSA) is 87.5 Å². The van der Waals surface area contributed by atoms with Crippen molar-refractivity contribution >= 4 is 11.9 Å². The van der Waals surface area contributed by atoms with E-state index in [4.69, 9.17) is 10.2 Å². The van der Waals surface area contributed by atoms with Gasteiger partial charge in [0.2, 0.25) is 0 Å². The second-order valence-electron chi connectivity index (χ2n) is 6.26. The lowest BCUT2D eigenvalue weighted by Crippen LogP contribution is -1.94. The molecule has 1 aromatic heterocycles. The van der Waals surface area contributed by atoms with Gasteiger partial charge >= 0.3 is 11.9 Å². The van der Waals surface area contributed by atoms with Gasteiger partial charge < -0.3 is 10.2 Å². The first-order valence-electron chi connectivity index (χ1n) is 9.27. The highest BCUT2D eigenvalue weighted by molar-refractivity contribution is 5.86. The number of hydrogen-bond acceptors (Lipinski definition) is 3. The first-order chi connectivity index (χ1) is 14.2. The number of rotatable bonds is 8. The van der Waals surface area contributed by atoms with Crippen LogP contribution in [0, 0.1) is 0 Å². The molecule has 0 aliphatic carbocycles. The van der Waals surface area contributed by atoms with E-state index in [1.807, 2.05) is 68.5 Å². The minimum absolute atomic E-state index is 0.284. The van der Waals surface area contributed by atoms with Gasteiger partial charge in [0.25, 0.3) is 0 Å². The standard InChI is InChI=1S/C20H24O4.C5H5N/c1-15(11-7-13-17(3)19(21)22)9-5-6-10-16(2)12-8-14-18(4)20(23)24;1-2-4-6-5-3-1/h5-14H,1-4H3,(H,21,22)(H,23,24);1-5H/b6-5+,11-7+,12-8+,15-9+,16-10+,17-13+,18-14+;. The number of pyridine rings is 1. The quantitative estimate of drug-likeness (QED) is 0.427. The maximum atomic E-state index is 10.6. The van der Waals surface area contributed by atoms with Crippen molar-refractivity contribution in [3.63, 3.8) is 0 Å². The lowest BCUT2D eigenvalue weighted by atomic mass is 10.2. The number of carbonyl (C=O) groups is 2. The van der Waals surface area contributed by atoms with Crippen molar-refractivity contribution < 1.29 is 19.8 Å². The van der Waals surface area contributed by atoms with Crippen molar-refractivity contribution in [3.8, 4) is 0 Å². The fourth-order valence-corrected chi connectivity index (χ4v) is 1.67. The number of aromatic nitrogens is 1. The van der Waals surface area contributed by atoms with Gasteiger partial charge in [-0.15, -0.1) is 0 Å². The molecule has 158 valence electrons. The van der Waals surface area contributed by atoms with Gasteiger partial charge in [-0.25, -0.2) is 9.59 Å². The smallest absolute Gasteiger partial charge is 0.331 e. The Morgan fingerprint density at radius 2 is 1.03 bits per heavy atom. The van der Waals surface area contributed by atoms with E-state index in [1.54, 1.807) is 50.5 Å². The molecule has 0 aromatic carbocycles. The molecule has 0 aliphatic rings. The minimum Gasteiger partial charge on any atom is -0.478 e. The van der Waals surface area contributed by atoms with Crippen LogP contribution in [0.2, 0.25) is 0 Å². The van der Waals surface area contributed by atoms with Crippen molar-refractivity contribution in [2.75, 3.05) is 0 Å². The van der Waals surface area contributed by atoms with Crippen LogP contribution in [0.15, 0.2) is 114 Å². The van der Waals surface area contributed by atoms with E-state index in [2.05, 4.69) is 4.98 Å². The molecule has 5 nitrogen and oxygen atoms in total. The van der Waals surface area contributed by atoms with Gasteiger partial charge in [0.1, 0.15) is 0 Å². The highest BCUT2D eigenvalue weighted by Crippen LogP contribution is 2.01. The number of allylic oxidation sites excluding steroid dienone is 12. The first-order valence-corrected chi connectivity index (χ1v) is 9.27. The number of nitrogens with zero attached hydrogens (tertiary/aromatic N) is 1. The Morgan fingerprint density at radius 3 is 1.30 bits per heavy atom. The first kappa shape index (κ1) is 26.3. The number of carboxylic acids is 2. The Hall–Kier alpha value is -3.73. The van der Waals surface area contributed by atoms with Crippen LogP contribution in [0.5, 0.6) is 0 Å². The Balaban J connectivity index is 0.00000118. The zero-order valence-corrected chi connectivity index (χ0v) is 17.8. The van der Waals surface area contributed by atoms with Crippen LogP contribution >= 0.6 is 0 Å². The molecule has 1 rings (SSSR count). The molecule has 5 heteroatoms. The zero-order valence-electron chi connectivity index (χ0n) is 17.8. The summed E-state index contributed by atoms with van der Waals surface area (Å²) in [5.74, 6) is -1.86. The fourth-order valence-electron chi connectivity index (χ4n) is 1.67. The molecule has 0 saturated carbocycles. The van der Waals surface area contributed by atoms with E-state index in [0.29, 0.717) is 0 Å². The Bertz CT molecular complexity index is 798. The van der Waals surface area contributed by atoms with Crippen molar-refractivity contribution in [3.05, 3.63) is 114 Å². The van der Waals surface area contributed by atoms with Gasteiger partial charge in [-0.1, -0.05) is 78.0 Å². The van der Waals surface area contributed by atoms with Crippen LogP contribution in [0.4, 0.5) is 0 Å². The summed E-state index contributed by atoms with van der Waals surface area (Å²) in [6.45, 7) is 6.92.